The summed E-state index contributed by atoms with van der Waals surface area (Å²) in [6.07, 6.45) is 3.83. The highest BCUT2D eigenvalue weighted by Crippen LogP contribution is 2.25. The molecule has 3 nitrogen and oxygen atoms in total. The quantitative estimate of drug-likeness (QED) is 0.824. The molecule has 98 valence electrons. The van der Waals surface area contributed by atoms with E-state index in [1.165, 1.54) is 6.07 Å². The molecule has 1 saturated carbocycles. The van der Waals surface area contributed by atoms with E-state index in [2.05, 4.69) is 21.2 Å². The second-order valence-electron chi connectivity index (χ2n) is 4.58. The number of rotatable bonds is 2. The van der Waals surface area contributed by atoms with Crippen LogP contribution in [-0.4, -0.2) is 21.9 Å². The molecule has 0 unspecified atom stereocenters. The average molecular weight is 316 g/mol. The molecule has 1 amide bonds. The van der Waals surface area contributed by atoms with Crippen molar-refractivity contribution < 1.29 is 14.3 Å². The number of hydrogen-bond donors (Lipinski definition) is 2. The second kappa shape index (κ2) is 5.69. The van der Waals surface area contributed by atoms with E-state index in [4.69, 9.17) is 0 Å². The van der Waals surface area contributed by atoms with Crippen molar-refractivity contribution in [3.05, 3.63) is 29.6 Å². The van der Waals surface area contributed by atoms with E-state index in [-0.39, 0.29) is 17.4 Å². The van der Waals surface area contributed by atoms with Gasteiger partial charge in [0.1, 0.15) is 11.6 Å². The Balaban J connectivity index is 2.01. The van der Waals surface area contributed by atoms with Gasteiger partial charge >= 0.3 is 0 Å². The first-order chi connectivity index (χ1) is 8.56. The third-order valence-electron chi connectivity index (χ3n) is 3.20. The summed E-state index contributed by atoms with van der Waals surface area (Å²) in [5.74, 6) is -1.13. The van der Waals surface area contributed by atoms with E-state index in [0.29, 0.717) is 4.83 Å². The van der Waals surface area contributed by atoms with E-state index >= 15 is 0 Å². The first-order valence-corrected chi connectivity index (χ1v) is 6.91. The van der Waals surface area contributed by atoms with Crippen LogP contribution in [0.25, 0.3) is 0 Å². The highest BCUT2D eigenvalue weighted by atomic mass is 79.9. The van der Waals surface area contributed by atoms with Gasteiger partial charge in [-0.2, -0.15) is 0 Å². The number of carbonyl (C=O) groups is 1. The second-order valence-corrected chi connectivity index (χ2v) is 5.88. The number of halogens is 2. The van der Waals surface area contributed by atoms with E-state index in [1.54, 1.807) is 0 Å². The van der Waals surface area contributed by atoms with Gasteiger partial charge in [0.25, 0.3) is 5.91 Å². The number of alkyl halides is 1. The molecule has 5 heteroatoms. The SMILES string of the molecule is O=C(NC1CCC(Br)CC1)c1cc(F)ccc1O. The summed E-state index contributed by atoms with van der Waals surface area (Å²) < 4.78 is 13.0. The van der Waals surface area contributed by atoms with Crippen molar-refractivity contribution in [3.63, 3.8) is 0 Å². The Labute approximate surface area is 114 Å². The van der Waals surface area contributed by atoms with Crippen molar-refractivity contribution in [1.29, 1.82) is 0 Å². The van der Waals surface area contributed by atoms with E-state index in [9.17, 15) is 14.3 Å². The lowest BCUT2D eigenvalue weighted by Gasteiger charge is -2.26. The molecule has 0 saturated heterocycles. The normalized spacial score (nSPS) is 23.7. The number of amides is 1. The molecule has 2 N–H and O–H groups in total. The van der Waals surface area contributed by atoms with Gasteiger partial charge in [-0.3, -0.25) is 4.79 Å². The van der Waals surface area contributed by atoms with Gasteiger partial charge in [0.05, 0.1) is 5.56 Å². The molecule has 0 heterocycles. The summed E-state index contributed by atoms with van der Waals surface area (Å²) in [4.78, 5) is 12.4. The van der Waals surface area contributed by atoms with Gasteiger partial charge in [-0.25, -0.2) is 4.39 Å². The zero-order chi connectivity index (χ0) is 13.1. The monoisotopic (exact) mass is 315 g/mol. The Morgan fingerprint density at radius 2 is 2.00 bits per heavy atom. The fraction of sp³-hybridized carbons (Fsp3) is 0.462. The number of nitrogens with one attached hydrogen (secondary N) is 1. The number of phenols is 1. The molecular weight excluding hydrogens is 301 g/mol. The summed E-state index contributed by atoms with van der Waals surface area (Å²) in [5.41, 5.74) is -0.00374. The summed E-state index contributed by atoms with van der Waals surface area (Å²) in [6, 6.07) is 3.48. The number of hydrogen-bond acceptors (Lipinski definition) is 2. The van der Waals surface area contributed by atoms with Crippen molar-refractivity contribution in [1.82, 2.24) is 5.32 Å². The molecule has 0 bridgehead atoms. The lowest BCUT2D eigenvalue weighted by molar-refractivity contribution is 0.0925. The van der Waals surface area contributed by atoms with Crippen molar-refractivity contribution in [2.45, 2.75) is 36.6 Å². The van der Waals surface area contributed by atoms with Crippen LogP contribution in [0.1, 0.15) is 36.0 Å². The van der Waals surface area contributed by atoms with Crippen LogP contribution in [0, 0.1) is 5.82 Å². The smallest absolute Gasteiger partial charge is 0.255 e. The fourth-order valence-electron chi connectivity index (χ4n) is 2.15. The van der Waals surface area contributed by atoms with Crippen molar-refractivity contribution in [3.8, 4) is 5.75 Å². The molecule has 18 heavy (non-hydrogen) atoms. The van der Waals surface area contributed by atoms with Crippen LogP contribution in [0.4, 0.5) is 4.39 Å². The maximum Gasteiger partial charge on any atom is 0.255 e. The summed E-state index contributed by atoms with van der Waals surface area (Å²) >= 11 is 3.55. The predicted octanol–water partition coefficient (Wildman–Crippen LogP) is 2.97. The van der Waals surface area contributed by atoms with Gasteiger partial charge in [-0.05, 0) is 43.9 Å². The van der Waals surface area contributed by atoms with Crippen LogP contribution >= 0.6 is 15.9 Å². The standard InChI is InChI=1S/C13H15BrFNO2/c14-8-1-4-10(5-2-8)16-13(18)11-7-9(15)3-6-12(11)17/h3,6-8,10,17H,1-2,4-5H2,(H,16,18). The molecule has 1 fully saturated rings. The molecule has 1 aromatic rings. The molecule has 0 atom stereocenters. The lowest BCUT2D eigenvalue weighted by atomic mass is 9.95. The van der Waals surface area contributed by atoms with Crippen LogP contribution in [0.15, 0.2) is 18.2 Å². The van der Waals surface area contributed by atoms with Crippen LogP contribution < -0.4 is 5.32 Å². The molecule has 0 radical (unpaired) electrons. The minimum atomic E-state index is -0.526. The minimum absolute atomic E-state index is 0.00374. The first kappa shape index (κ1) is 13.3. The van der Waals surface area contributed by atoms with Gasteiger partial charge in [-0.15, -0.1) is 0 Å². The van der Waals surface area contributed by atoms with Gasteiger partial charge in [-0.1, -0.05) is 15.9 Å². The third-order valence-corrected chi connectivity index (χ3v) is 4.11. The van der Waals surface area contributed by atoms with E-state index < -0.39 is 11.7 Å². The maximum absolute atomic E-state index is 13.0. The highest BCUT2D eigenvalue weighted by molar-refractivity contribution is 9.09. The number of aromatic hydroxyl groups is 1. The molecule has 1 aliphatic rings. The van der Waals surface area contributed by atoms with Crippen LogP contribution in [0.5, 0.6) is 5.75 Å². The molecule has 0 spiro atoms. The summed E-state index contributed by atoms with van der Waals surface area (Å²) in [5, 5.41) is 12.4. The van der Waals surface area contributed by atoms with E-state index in [0.717, 1.165) is 37.8 Å². The fourth-order valence-corrected chi connectivity index (χ4v) is 2.68. The number of benzene rings is 1. The van der Waals surface area contributed by atoms with Crippen molar-refractivity contribution in [2.75, 3.05) is 0 Å². The lowest BCUT2D eigenvalue weighted by Crippen LogP contribution is -2.37. The Morgan fingerprint density at radius 1 is 1.33 bits per heavy atom. The highest BCUT2D eigenvalue weighted by Gasteiger charge is 2.22. The molecule has 2 rings (SSSR count). The zero-order valence-electron chi connectivity index (χ0n) is 9.83. The Kier molecular flexibility index (Phi) is 4.22. The van der Waals surface area contributed by atoms with Gasteiger partial charge in [0.15, 0.2) is 0 Å². The molecular formula is C13H15BrFNO2. The van der Waals surface area contributed by atoms with Crippen LogP contribution in [0.2, 0.25) is 0 Å². The summed E-state index contributed by atoms with van der Waals surface area (Å²) in [6.45, 7) is 0. The Morgan fingerprint density at radius 3 is 2.67 bits per heavy atom. The number of carbonyl (C=O) groups excluding carboxylic acids is 1. The van der Waals surface area contributed by atoms with Crippen molar-refractivity contribution in [2.24, 2.45) is 0 Å². The first-order valence-electron chi connectivity index (χ1n) is 5.99. The topological polar surface area (TPSA) is 49.3 Å². The molecule has 0 aliphatic heterocycles. The number of phenolic OH excluding ortho intramolecular Hbond substituents is 1. The molecule has 1 aromatic carbocycles. The molecule has 0 aromatic heterocycles. The largest absolute Gasteiger partial charge is 0.507 e. The molecule has 1 aliphatic carbocycles. The third kappa shape index (κ3) is 3.22. The Bertz CT molecular complexity index is 445. The Hall–Kier alpha value is -1.10. The zero-order valence-corrected chi connectivity index (χ0v) is 11.4. The van der Waals surface area contributed by atoms with Gasteiger partial charge in [0, 0.05) is 10.9 Å². The van der Waals surface area contributed by atoms with Gasteiger partial charge < -0.3 is 10.4 Å². The van der Waals surface area contributed by atoms with Crippen molar-refractivity contribution >= 4 is 21.8 Å². The summed E-state index contributed by atoms with van der Waals surface area (Å²) in [7, 11) is 0. The average Bonchev–Trinajstić information content (AvgIpc) is 2.35. The van der Waals surface area contributed by atoms with Crippen LogP contribution in [0.3, 0.4) is 0 Å². The van der Waals surface area contributed by atoms with Crippen LogP contribution in [-0.2, 0) is 0 Å². The van der Waals surface area contributed by atoms with Gasteiger partial charge in [0.2, 0.25) is 0 Å². The maximum atomic E-state index is 13.0. The minimum Gasteiger partial charge on any atom is -0.507 e. The van der Waals surface area contributed by atoms with E-state index in [1.807, 2.05) is 0 Å². The predicted molar refractivity (Wildman–Crippen MR) is 70.5 cm³/mol.